The van der Waals surface area contributed by atoms with Crippen LogP contribution in [0.25, 0.3) is 10.9 Å². The Bertz CT molecular complexity index is 1260. The highest BCUT2D eigenvalue weighted by Crippen LogP contribution is 2.34. The molecule has 4 aromatic rings. The van der Waals surface area contributed by atoms with Crippen molar-refractivity contribution in [1.29, 1.82) is 0 Å². The Hall–Kier alpha value is -3.09. The van der Waals surface area contributed by atoms with E-state index in [0.717, 1.165) is 26.5 Å². The minimum atomic E-state index is 0.342. The van der Waals surface area contributed by atoms with Crippen molar-refractivity contribution in [2.45, 2.75) is 13.5 Å². The molecule has 0 saturated carbocycles. The van der Waals surface area contributed by atoms with Crippen molar-refractivity contribution in [2.24, 2.45) is 5.10 Å². The van der Waals surface area contributed by atoms with Gasteiger partial charge in [0, 0.05) is 26.0 Å². The highest BCUT2D eigenvalue weighted by Gasteiger charge is 2.11. The topological polar surface area (TPSA) is 55.7 Å². The van der Waals surface area contributed by atoms with E-state index in [1.165, 1.54) is 0 Å². The van der Waals surface area contributed by atoms with Crippen LogP contribution in [0.15, 0.2) is 82.4 Å². The Labute approximate surface area is 200 Å². The molecule has 162 valence electrons. The number of hydrogen-bond donors (Lipinski definition) is 1. The number of nitrogens with one attached hydrogen (secondary N) is 1. The molecule has 0 aliphatic carbocycles. The molecule has 1 aromatic heterocycles. The first kappa shape index (κ1) is 22.1. The van der Waals surface area contributed by atoms with E-state index in [1.54, 1.807) is 6.21 Å². The van der Waals surface area contributed by atoms with E-state index in [-0.39, 0.29) is 0 Å². The maximum absolute atomic E-state index is 6.24. The standard InChI is InChI=1S/C25H21BrClN3O2/c1-2-31-23-13-19(15-28-30-25-12-11-17-7-4-6-10-22(17)29-25)20(26)14-24(23)32-16-18-8-3-5-9-21(18)27/h3-15H,2,16H2,1H3,(H,29,30)/b28-15-. The van der Waals surface area contributed by atoms with Crippen LogP contribution < -0.4 is 14.9 Å². The van der Waals surface area contributed by atoms with E-state index in [9.17, 15) is 0 Å². The van der Waals surface area contributed by atoms with Gasteiger partial charge >= 0.3 is 0 Å². The molecule has 0 radical (unpaired) electrons. The second-order valence-electron chi connectivity index (χ2n) is 6.89. The molecular weight excluding hydrogens is 490 g/mol. The summed E-state index contributed by atoms with van der Waals surface area (Å²) in [5.74, 6) is 1.92. The Kier molecular flexibility index (Phi) is 7.24. The van der Waals surface area contributed by atoms with Crippen molar-refractivity contribution in [2.75, 3.05) is 12.0 Å². The van der Waals surface area contributed by atoms with Crippen LogP contribution in [-0.4, -0.2) is 17.8 Å². The van der Waals surface area contributed by atoms with E-state index in [0.29, 0.717) is 35.6 Å². The van der Waals surface area contributed by atoms with Crippen LogP contribution in [-0.2, 0) is 6.61 Å². The highest BCUT2D eigenvalue weighted by molar-refractivity contribution is 9.10. The van der Waals surface area contributed by atoms with Crippen LogP contribution in [0.3, 0.4) is 0 Å². The fourth-order valence-corrected chi connectivity index (χ4v) is 3.71. The molecule has 3 aromatic carbocycles. The zero-order valence-corrected chi connectivity index (χ0v) is 19.7. The molecule has 0 fully saturated rings. The molecule has 0 bridgehead atoms. The van der Waals surface area contributed by atoms with Crippen molar-refractivity contribution in [3.8, 4) is 11.5 Å². The third kappa shape index (κ3) is 5.39. The van der Waals surface area contributed by atoms with Crippen LogP contribution in [0, 0.1) is 0 Å². The summed E-state index contributed by atoms with van der Waals surface area (Å²) < 4.78 is 12.6. The van der Waals surface area contributed by atoms with Crippen molar-refractivity contribution in [3.63, 3.8) is 0 Å². The molecule has 0 spiro atoms. The third-order valence-corrected chi connectivity index (χ3v) is 5.74. The van der Waals surface area contributed by atoms with E-state index < -0.39 is 0 Å². The quantitative estimate of drug-likeness (QED) is 0.203. The van der Waals surface area contributed by atoms with E-state index in [1.807, 2.05) is 79.7 Å². The largest absolute Gasteiger partial charge is 0.490 e. The number of benzene rings is 3. The molecule has 0 atom stereocenters. The molecule has 0 aliphatic rings. The lowest BCUT2D eigenvalue weighted by Crippen LogP contribution is -2.02. The van der Waals surface area contributed by atoms with Crippen molar-refractivity contribution in [3.05, 3.63) is 93.4 Å². The van der Waals surface area contributed by atoms with Crippen LogP contribution >= 0.6 is 27.5 Å². The molecule has 32 heavy (non-hydrogen) atoms. The average molecular weight is 511 g/mol. The number of anilines is 1. The Morgan fingerprint density at radius 3 is 2.62 bits per heavy atom. The summed E-state index contributed by atoms with van der Waals surface area (Å²) >= 11 is 9.83. The summed E-state index contributed by atoms with van der Waals surface area (Å²) in [6.07, 6.45) is 1.71. The molecular formula is C25H21BrClN3O2. The summed E-state index contributed by atoms with van der Waals surface area (Å²) in [7, 11) is 0. The SMILES string of the molecule is CCOc1cc(/C=N\Nc2ccc3ccccc3n2)c(Br)cc1OCc1ccccc1Cl. The zero-order valence-electron chi connectivity index (χ0n) is 17.4. The number of pyridine rings is 1. The van der Waals surface area contributed by atoms with Gasteiger partial charge in [0.25, 0.3) is 0 Å². The van der Waals surface area contributed by atoms with Gasteiger partial charge in [-0.05, 0) is 59.3 Å². The maximum Gasteiger partial charge on any atom is 0.162 e. The molecule has 4 rings (SSSR count). The van der Waals surface area contributed by atoms with Gasteiger partial charge in [-0.25, -0.2) is 4.98 Å². The minimum absolute atomic E-state index is 0.342. The number of ether oxygens (including phenoxy) is 2. The number of para-hydroxylation sites is 1. The lowest BCUT2D eigenvalue weighted by atomic mass is 10.2. The Morgan fingerprint density at radius 1 is 1.00 bits per heavy atom. The van der Waals surface area contributed by atoms with Gasteiger partial charge in [0.1, 0.15) is 12.4 Å². The molecule has 5 nitrogen and oxygen atoms in total. The van der Waals surface area contributed by atoms with Crippen LogP contribution in [0.1, 0.15) is 18.1 Å². The second kappa shape index (κ2) is 10.5. The van der Waals surface area contributed by atoms with E-state index in [4.69, 9.17) is 21.1 Å². The van der Waals surface area contributed by atoms with Gasteiger partial charge in [0.05, 0.1) is 18.3 Å². The Morgan fingerprint density at radius 2 is 1.78 bits per heavy atom. The molecule has 0 aliphatic heterocycles. The monoisotopic (exact) mass is 509 g/mol. The zero-order chi connectivity index (χ0) is 22.3. The van der Waals surface area contributed by atoms with Gasteiger partial charge in [-0.3, -0.25) is 5.43 Å². The summed E-state index contributed by atoms with van der Waals surface area (Å²) in [6.45, 7) is 2.79. The fraction of sp³-hybridized carbons (Fsp3) is 0.120. The molecule has 0 unspecified atom stereocenters. The molecule has 1 N–H and O–H groups in total. The molecule has 0 amide bonds. The molecule has 0 saturated heterocycles. The first-order valence-electron chi connectivity index (χ1n) is 10.1. The normalized spacial score (nSPS) is 11.1. The van der Waals surface area contributed by atoms with Crippen molar-refractivity contribution >= 4 is 50.5 Å². The number of aromatic nitrogens is 1. The van der Waals surface area contributed by atoms with Gasteiger partial charge in [-0.2, -0.15) is 5.10 Å². The van der Waals surface area contributed by atoms with E-state index in [2.05, 4.69) is 31.4 Å². The van der Waals surface area contributed by atoms with Gasteiger partial charge in [-0.1, -0.05) is 48.0 Å². The lowest BCUT2D eigenvalue weighted by molar-refractivity contribution is 0.269. The van der Waals surface area contributed by atoms with Gasteiger partial charge in [-0.15, -0.1) is 0 Å². The summed E-state index contributed by atoms with van der Waals surface area (Å²) in [4.78, 5) is 4.56. The fourth-order valence-electron chi connectivity index (χ4n) is 3.10. The smallest absolute Gasteiger partial charge is 0.162 e. The number of rotatable bonds is 8. The van der Waals surface area contributed by atoms with Gasteiger partial charge < -0.3 is 9.47 Å². The van der Waals surface area contributed by atoms with Gasteiger partial charge in [0.15, 0.2) is 11.5 Å². The number of nitrogens with zero attached hydrogens (tertiary/aromatic N) is 2. The van der Waals surface area contributed by atoms with Crippen molar-refractivity contribution in [1.82, 2.24) is 4.98 Å². The number of halogens is 2. The first-order chi connectivity index (χ1) is 15.6. The summed E-state index contributed by atoms with van der Waals surface area (Å²) in [6, 6.07) is 23.2. The second-order valence-corrected chi connectivity index (χ2v) is 8.15. The number of hydrogen-bond acceptors (Lipinski definition) is 5. The lowest BCUT2D eigenvalue weighted by Gasteiger charge is -2.14. The number of fused-ring (bicyclic) bond motifs is 1. The van der Waals surface area contributed by atoms with E-state index >= 15 is 0 Å². The van der Waals surface area contributed by atoms with Crippen LogP contribution in [0.5, 0.6) is 11.5 Å². The average Bonchev–Trinajstić information content (AvgIpc) is 2.81. The summed E-state index contributed by atoms with van der Waals surface area (Å²) in [5, 5.41) is 6.08. The third-order valence-electron chi connectivity index (χ3n) is 4.69. The Balaban J connectivity index is 1.50. The summed E-state index contributed by atoms with van der Waals surface area (Å²) in [5.41, 5.74) is 5.64. The maximum atomic E-state index is 6.24. The molecule has 7 heteroatoms. The van der Waals surface area contributed by atoms with Crippen LogP contribution in [0.2, 0.25) is 5.02 Å². The van der Waals surface area contributed by atoms with Crippen molar-refractivity contribution < 1.29 is 9.47 Å². The first-order valence-corrected chi connectivity index (χ1v) is 11.3. The minimum Gasteiger partial charge on any atom is -0.490 e. The number of hydrazone groups is 1. The van der Waals surface area contributed by atoms with Gasteiger partial charge in [0.2, 0.25) is 0 Å². The predicted octanol–water partition coefficient (Wildman–Crippen LogP) is 7.07. The highest BCUT2D eigenvalue weighted by atomic mass is 79.9. The predicted molar refractivity (Wildman–Crippen MR) is 134 cm³/mol. The van der Waals surface area contributed by atoms with Crippen LogP contribution in [0.4, 0.5) is 5.82 Å². The molecule has 1 heterocycles.